The quantitative estimate of drug-likeness (QED) is 0.252. The lowest BCUT2D eigenvalue weighted by Crippen LogP contribution is -1.66. The molecule has 0 aromatic rings. The van der Waals surface area contributed by atoms with Gasteiger partial charge in [0.15, 0.2) is 0 Å². The lowest BCUT2D eigenvalue weighted by Gasteiger charge is -1.82. The van der Waals surface area contributed by atoms with Crippen LogP contribution in [0.4, 0.5) is 0 Å². The Kier molecular flexibility index (Phi) is 27.7. The van der Waals surface area contributed by atoms with E-state index in [9.17, 15) is 0 Å². The van der Waals surface area contributed by atoms with E-state index in [0.29, 0.717) is 0 Å². The van der Waals surface area contributed by atoms with Crippen molar-refractivity contribution in [3.8, 4) is 0 Å². The summed E-state index contributed by atoms with van der Waals surface area (Å²) in [6.45, 7) is 6.00. The summed E-state index contributed by atoms with van der Waals surface area (Å²) in [6.07, 6.45) is 0. The number of rotatable bonds is 0. The van der Waals surface area contributed by atoms with Gasteiger partial charge in [-0.3, -0.25) is 0 Å². The Morgan fingerprint density at radius 2 is 1.00 bits per heavy atom. The Bertz CT molecular complexity index is 72.4. The van der Waals surface area contributed by atoms with E-state index in [-0.39, 0.29) is 12.3 Å². The van der Waals surface area contributed by atoms with Crippen LogP contribution in [0.2, 0.25) is 0 Å². The average molecular weight is 160 g/mol. The third kappa shape index (κ3) is 4890. The average Bonchev–Trinajstić information content (AvgIpc) is 1.36. The summed E-state index contributed by atoms with van der Waals surface area (Å²) >= 11 is 0. The number of hydrogen-bond acceptors (Lipinski definition) is 3. The van der Waals surface area contributed by atoms with Crippen LogP contribution in [-0.4, -0.2) is 14.7 Å². The molecule has 9 N–H and O–H groups in total. The third-order valence-electron chi connectivity index (χ3n) is 0. The lowest BCUT2D eigenvalue weighted by molar-refractivity contribution is 0.275. The highest BCUT2D eigenvalue weighted by Gasteiger charge is 2.00. The predicted octanol–water partition coefficient (Wildman–Crippen LogP) is 0.198. The molecule has 0 heterocycles. The Balaban J connectivity index is -0.0000000286. The minimum Gasteiger partial charge on any atom is -0.344 e. The molecule has 0 saturated carbocycles. The third-order valence-corrected chi connectivity index (χ3v) is 0. The SMILES string of the molecule is C=C.N.N.O=P(O)(O)O. The second kappa shape index (κ2) is 10.7. The lowest BCUT2D eigenvalue weighted by atomic mass is 11.3. The van der Waals surface area contributed by atoms with Crippen molar-refractivity contribution in [2.45, 2.75) is 0 Å². The van der Waals surface area contributed by atoms with E-state index < -0.39 is 7.82 Å². The molecule has 0 aromatic heterocycles. The largest absolute Gasteiger partial charge is 0.466 e. The number of hydrogen-bond donors (Lipinski definition) is 5. The van der Waals surface area contributed by atoms with E-state index >= 15 is 0 Å². The zero-order valence-corrected chi connectivity index (χ0v) is 5.92. The van der Waals surface area contributed by atoms with Crippen LogP contribution in [0.25, 0.3) is 0 Å². The molecule has 6 nitrogen and oxygen atoms in total. The summed E-state index contributed by atoms with van der Waals surface area (Å²) in [5, 5.41) is 0. The molecule has 0 saturated heterocycles. The highest BCUT2D eigenvalue weighted by molar-refractivity contribution is 7.45. The van der Waals surface area contributed by atoms with Crippen LogP contribution < -0.4 is 12.3 Å². The standard InChI is InChI=1S/C2H4.2H3N.H3O4P/c1-2;;;1-5(2,3)4/h1-2H2;2*1H3;(H3,1,2,3,4). The van der Waals surface area contributed by atoms with Gasteiger partial charge >= 0.3 is 7.82 Å². The van der Waals surface area contributed by atoms with Gasteiger partial charge in [0.25, 0.3) is 0 Å². The first-order valence-corrected chi connectivity index (χ1v) is 2.85. The zero-order chi connectivity index (χ0) is 6.50. The van der Waals surface area contributed by atoms with E-state index in [4.69, 9.17) is 19.2 Å². The van der Waals surface area contributed by atoms with Crippen LogP contribution in [-0.2, 0) is 4.57 Å². The predicted molar refractivity (Wildman–Crippen MR) is 35.6 cm³/mol. The maximum atomic E-state index is 8.88. The topological polar surface area (TPSA) is 148 Å². The maximum Gasteiger partial charge on any atom is 0.466 e. The maximum absolute atomic E-state index is 8.88. The summed E-state index contributed by atoms with van der Waals surface area (Å²) in [6, 6.07) is 0. The van der Waals surface area contributed by atoms with Crippen molar-refractivity contribution < 1.29 is 19.2 Å². The van der Waals surface area contributed by atoms with Gasteiger partial charge in [-0.05, 0) is 0 Å². The van der Waals surface area contributed by atoms with Crippen LogP contribution in [0, 0.1) is 0 Å². The van der Waals surface area contributed by atoms with Gasteiger partial charge in [0.1, 0.15) is 0 Å². The van der Waals surface area contributed by atoms with Gasteiger partial charge in [0.2, 0.25) is 0 Å². The highest BCUT2D eigenvalue weighted by atomic mass is 31.2. The summed E-state index contributed by atoms with van der Waals surface area (Å²) in [4.78, 5) is 21.6. The van der Waals surface area contributed by atoms with E-state index in [1.807, 2.05) is 0 Å². The van der Waals surface area contributed by atoms with Crippen LogP contribution >= 0.6 is 7.82 Å². The first kappa shape index (κ1) is 23.3. The van der Waals surface area contributed by atoms with E-state index in [0.717, 1.165) is 0 Å². The molecular weight excluding hydrogens is 147 g/mol. The van der Waals surface area contributed by atoms with Gasteiger partial charge < -0.3 is 27.0 Å². The second-order valence-electron chi connectivity index (χ2n) is 0.513. The monoisotopic (exact) mass is 160 g/mol. The fraction of sp³-hybridized carbons (Fsp3) is 0. The molecule has 0 bridgehead atoms. The Hall–Kier alpha value is -0.230. The molecular formula is C2H13N2O4P. The van der Waals surface area contributed by atoms with Crippen molar-refractivity contribution >= 4 is 7.82 Å². The molecule has 60 valence electrons. The fourth-order valence-electron chi connectivity index (χ4n) is 0. The van der Waals surface area contributed by atoms with Crippen LogP contribution in [0.3, 0.4) is 0 Å². The van der Waals surface area contributed by atoms with Crippen molar-refractivity contribution in [2.75, 3.05) is 0 Å². The first-order valence-electron chi connectivity index (χ1n) is 1.28. The van der Waals surface area contributed by atoms with Crippen molar-refractivity contribution in [1.29, 1.82) is 0 Å². The highest BCUT2D eigenvalue weighted by Crippen LogP contribution is 2.25. The van der Waals surface area contributed by atoms with Crippen molar-refractivity contribution in [3.63, 3.8) is 0 Å². The van der Waals surface area contributed by atoms with Crippen molar-refractivity contribution in [1.82, 2.24) is 12.3 Å². The molecule has 0 amide bonds. The molecule has 0 aliphatic carbocycles. The molecule has 0 spiro atoms. The molecule has 7 heteroatoms. The minimum atomic E-state index is -4.64. The smallest absolute Gasteiger partial charge is 0.344 e. The first-order chi connectivity index (χ1) is 3.00. The summed E-state index contributed by atoms with van der Waals surface area (Å²) < 4.78 is 8.88. The summed E-state index contributed by atoms with van der Waals surface area (Å²) in [5.74, 6) is 0. The molecule has 0 unspecified atom stereocenters. The summed E-state index contributed by atoms with van der Waals surface area (Å²) in [5.41, 5.74) is 0. The molecule has 9 heavy (non-hydrogen) atoms. The van der Waals surface area contributed by atoms with Gasteiger partial charge in [-0.25, -0.2) is 4.57 Å². The van der Waals surface area contributed by atoms with Crippen LogP contribution in [0.1, 0.15) is 0 Å². The molecule has 0 aliphatic heterocycles. The van der Waals surface area contributed by atoms with Gasteiger partial charge in [0.05, 0.1) is 0 Å². The molecule has 0 fully saturated rings. The van der Waals surface area contributed by atoms with Crippen molar-refractivity contribution in [3.05, 3.63) is 13.2 Å². The van der Waals surface area contributed by atoms with E-state index in [2.05, 4.69) is 13.2 Å². The molecule has 0 atom stereocenters. The molecule has 0 aliphatic rings. The molecule has 0 radical (unpaired) electrons. The zero-order valence-electron chi connectivity index (χ0n) is 5.03. The van der Waals surface area contributed by atoms with Gasteiger partial charge in [-0.15, -0.1) is 13.2 Å². The normalized spacial score (nSPS) is 7.00. The fourth-order valence-corrected chi connectivity index (χ4v) is 0. The summed E-state index contributed by atoms with van der Waals surface area (Å²) in [7, 11) is -4.64. The second-order valence-corrected chi connectivity index (χ2v) is 1.54. The van der Waals surface area contributed by atoms with Gasteiger partial charge in [0, 0.05) is 0 Å². The Labute approximate surface area is 53.6 Å². The van der Waals surface area contributed by atoms with E-state index in [1.165, 1.54) is 0 Å². The van der Waals surface area contributed by atoms with Crippen LogP contribution in [0.15, 0.2) is 13.2 Å². The van der Waals surface area contributed by atoms with E-state index in [1.54, 1.807) is 0 Å². The number of phosphoric acid groups is 1. The van der Waals surface area contributed by atoms with Crippen molar-refractivity contribution in [2.24, 2.45) is 0 Å². The molecule has 0 rings (SSSR count). The Morgan fingerprint density at radius 1 is 1.00 bits per heavy atom. The van der Waals surface area contributed by atoms with Crippen LogP contribution in [0.5, 0.6) is 0 Å². The minimum absolute atomic E-state index is 0. The Morgan fingerprint density at radius 3 is 1.00 bits per heavy atom. The van der Waals surface area contributed by atoms with Gasteiger partial charge in [-0.2, -0.15) is 0 Å². The molecule has 0 aromatic carbocycles. The van der Waals surface area contributed by atoms with Gasteiger partial charge in [-0.1, -0.05) is 0 Å².